The number of ether oxygens (including phenoxy) is 4. The van der Waals surface area contributed by atoms with E-state index in [1.54, 1.807) is 40.6 Å². The molecule has 5 nitrogen and oxygen atoms in total. The lowest BCUT2D eigenvalue weighted by Crippen LogP contribution is -2.39. The predicted molar refractivity (Wildman–Crippen MR) is 85.8 cm³/mol. The Morgan fingerprint density at radius 2 is 1.35 bits per heavy atom. The Balaban J connectivity index is 2.05. The standard InChI is InChI=1S/C18H20O5/c1-20-14-6-5-12(8-16(14)22-3)18(19)10-11-7-15(21-2)17(23-4)9-13(11)18/h5-9,19H,10H2,1-4H3. The number of hydrogen-bond acceptors (Lipinski definition) is 5. The Morgan fingerprint density at radius 1 is 0.783 bits per heavy atom. The summed E-state index contributed by atoms with van der Waals surface area (Å²) in [6, 6.07) is 9.18. The monoisotopic (exact) mass is 316 g/mol. The smallest absolute Gasteiger partial charge is 0.161 e. The second-order valence-electron chi connectivity index (χ2n) is 5.47. The summed E-state index contributed by atoms with van der Waals surface area (Å²) in [6.07, 6.45) is 0.512. The molecule has 2 aromatic rings. The van der Waals surface area contributed by atoms with Crippen LogP contribution in [0.5, 0.6) is 23.0 Å². The molecule has 23 heavy (non-hydrogen) atoms. The number of methoxy groups -OCH3 is 4. The van der Waals surface area contributed by atoms with Crippen molar-refractivity contribution in [2.75, 3.05) is 28.4 Å². The summed E-state index contributed by atoms with van der Waals surface area (Å²) in [6.45, 7) is 0. The molecule has 1 N–H and O–H groups in total. The zero-order chi connectivity index (χ0) is 16.6. The summed E-state index contributed by atoms with van der Waals surface area (Å²) in [4.78, 5) is 0. The fourth-order valence-corrected chi connectivity index (χ4v) is 3.07. The Hall–Kier alpha value is -2.40. The van der Waals surface area contributed by atoms with Gasteiger partial charge in [-0.2, -0.15) is 0 Å². The third-order valence-electron chi connectivity index (χ3n) is 4.36. The number of hydrogen-bond donors (Lipinski definition) is 1. The summed E-state index contributed by atoms with van der Waals surface area (Å²) < 4.78 is 21.2. The van der Waals surface area contributed by atoms with Gasteiger partial charge in [-0.15, -0.1) is 0 Å². The fourth-order valence-electron chi connectivity index (χ4n) is 3.07. The Kier molecular flexibility index (Phi) is 3.82. The summed E-state index contributed by atoms with van der Waals surface area (Å²) in [7, 11) is 6.35. The highest BCUT2D eigenvalue weighted by Crippen LogP contribution is 2.49. The largest absolute Gasteiger partial charge is 0.493 e. The van der Waals surface area contributed by atoms with Gasteiger partial charge in [0, 0.05) is 6.42 Å². The number of benzene rings is 2. The van der Waals surface area contributed by atoms with Crippen LogP contribution in [0.25, 0.3) is 0 Å². The van der Waals surface area contributed by atoms with Crippen molar-refractivity contribution in [3.05, 3.63) is 47.0 Å². The first-order valence-corrected chi connectivity index (χ1v) is 7.27. The van der Waals surface area contributed by atoms with Crippen LogP contribution in [0, 0.1) is 0 Å². The Bertz CT molecular complexity index is 740. The van der Waals surface area contributed by atoms with Gasteiger partial charge in [0.2, 0.25) is 0 Å². The van der Waals surface area contributed by atoms with Gasteiger partial charge in [0.1, 0.15) is 5.60 Å². The lowest BCUT2D eigenvalue weighted by atomic mass is 9.69. The molecular weight excluding hydrogens is 296 g/mol. The van der Waals surface area contributed by atoms with E-state index in [0.29, 0.717) is 29.4 Å². The minimum absolute atomic E-state index is 0.512. The Labute approximate surface area is 135 Å². The molecular formula is C18H20O5. The van der Waals surface area contributed by atoms with Gasteiger partial charge in [-0.3, -0.25) is 0 Å². The molecule has 122 valence electrons. The molecule has 1 atom stereocenters. The van der Waals surface area contributed by atoms with Gasteiger partial charge in [-0.05, 0) is 41.0 Å². The summed E-state index contributed by atoms with van der Waals surface area (Å²) in [5, 5.41) is 11.1. The normalized spacial score (nSPS) is 18.7. The molecule has 1 unspecified atom stereocenters. The first-order chi connectivity index (χ1) is 11.1. The maximum absolute atomic E-state index is 11.1. The molecule has 0 heterocycles. The van der Waals surface area contributed by atoms with E-state index in [1.165, 1.54) is 0 Å². The molecule has 5 heteroatoms. The van der Waals surface area contributed by atoms with E-state index in [9.17, 15) is 5.11 Å². The molecule has 0 bridgehead atoms. The van der Waals surface area contributed by atoms with Crippen LogP contribution < -0.4 is 18.9 Å². The van der Waals surface area contributed by atoms with Gasteiger partial charge >= 0.3 is 0 Å². The lowest BCUT2D eigenvalue weighted by molar-refractivity contribution is 0.0554. The highest BCUT2D eigenvalue weighted by molar-refractivity contribution is 5.59. The highest BCUT2D eigenvalue weighted by Gasteiger charge is 2.44. The predicted octanol–water partition coefficient (Wildman–Crippen LogP) is 2.51. The first-order valence-electron chi connectivity index (χ1n) is 7.27. The minimum atomic E-state index is -1.06. The third-order valence-corrected chi connectivity index (χ3v) is 4.36. The SMILES string of the molecule is COc1ccc(C2(O)Cc3cc(OC)c(OC)cc32)cc1OC. The molecule has 0 aromatic heterocycles. The molecule has 3 rings (SSSR count). The molecule has 1 aliphatic rings. The van der Waals surface area contributed by atoms with E-state index in [0.717, 1.165) is 16.7 Å². The van der Waals surface area contributed by atoms with E-state index in [-0.39, 0.29) is 0 Å². The van der Waals surface area contributed by atoms with Crippen LogP contribution in [0.3, 0.4) is 0 Å². The maximum atomic E-state index is 11.1. The van der Waals surface area contributed by atoms with Crippen molar-refractivity contribution >= 4 is 0 Å². The summed E-state index contributed by atoms with van der Waals surface area (Å²) in [5.74, 6) is 2.49. The van der Waals surface area contributed by atoms with Crippen molar-refractivity contribution in [2.24, 2.45) is 0 Å². The third kappa shape index (κ3) is 2.28. The molecule has 1 aliphatic carbocycles. The van der Waals surface area contributed by atoms with Crippen LogP contribution in [-0.4, -0.2) is 33.5 Å². The van der Waals surface area contributed by atoms with Gasteiger partial charge < -0.3 is 24.1 Å². The van der Waals surface area contributed by atoms with Gasteiger partial charge in [-0.25, -0.2) is 0 Å². The van der Waals surface area contributed by atoms with Crippen molar-refractivity contribution in [2.45, 2.75) is 12.0 Å². The van der Waals surface area contributed by atoms with E-state index in [1.807, 2.05) is 18.2 Å². The second kappa shape index (κ2) is 5.66. The van der Waals surface area contributed by atoms with Gasteiger partial charge in [0.25, 0.3) is 0 Å². The topological polar surface area (TPSA) is 57.2 Å². The molecule has 0 fully saturated rings. The average molecular weight is 316 g/mol. The molecule has 0 aliphatic heterocycles. The van der Waals surface area contributed by atoms with Crippen molar-refractivity contribution in [3.63, 3.8) is 0 Å². The van der Waals surface area contributed by atoms with Crippen LogP contribution in [0.4, 0.5) is 0 Å². The van der Waals surface area contributed by atoms with Crippen LogP contribution in [0.15, 0.2) is 30.3 Å². The summed E-state index contributed by atoms with van der Waals surface area (Å²) in [5.41, 5.74) is 1.56. The lowest BCUT2D eigenvalue weighted by Gasteiger charge is -2.40. The number of rotatable bonds is 5. The number of aliphatic hydroxyl groups is 1. The van der Waals surface area contributed by atoms with Crippen LogP contribution in [0.2, 0.25) is 0 Å². The molecule has 0 radical (unpaired) electrons. The number of fused-ring (bicyclic) bond motifs is 1. The van der Waals surface area contributed by atoms with E-state index in [2.05, 4.69) is 0 Å². The van der Waals surface area contributed by atoms with Crippen LogP contribution in [0.1, 0.15) is 16.7 Å². The van der Waals surface area contributed by atoms with E-state index < -0.39 is 5.60 Å². The molecule has 0 spiro atoms. The minimum Gasteiger partial charge on any atom is -0.493 e. The van der Waals surface area contributed by atoms with Crippen LogP contribution >= 0.6 is 0 Å². The van der Waals surface area contributed by atoms with Crippen molar-refractivity contribution in [1.82, 2.24) is 0 Å². The molecule has 2 aromatic carbocycles. The quantitative estimate of drug-likeness (QED) is 0.918. The Morgan fingerprint density at radius 3 is 1.96 bits per heavy atom. The van der Waals surface area contributed by atoms with Gasteiger partial charge in [-0.1, -0.05) is 6.07 Å². The zero-order valence-corrected chi connectivity index (χ0v) is 13.7. The van der Waals surface area contributed by atoms with E-state index >= 15 is 0 Å². The molecule has 0 saturated heterocycles. The average Bonchev–Trinajstić information content (AvgIpc) is 2.59. The second-order valence-corrected chi connectivity index (χ2v) is 5.47. The fraction of sp³-hybridized carbons (Fsp3) is 0.333. The molecule has 0 amide bonds. The van der Waals surface area contributed by atoms with E-state index in [4.69, 9.17) is 18.9 Å². The first kappa shape index (κ1) is 15.5. The van der Waals surface area contributed by atoms with Gasteiger partial charge in [0.05, 0.1) is 28.4 Å². The van der Waals surface area contributed by atoms with Crippen molar-refractivity contribution < 1.29 is 24.1 Å². The zero-order valence-electron chi connectivity index (χ0n) is 13.7. The molecule has 0 saturated carbocycles. The van der Waals surface area contributed by atoms with Gasteiger partial charge in [0.15, 0.2) is 23.0 Å². The van der Waals surface area contributed by atoms with Crippen molar-refractivity contribution in [1.29, 1.82) is 0 Å². The summed E-state index contributed by atoms with van der Waals surface area (Å²) >= 11 is 0. The van der Waals surface area contributed by atoms with Crippen LogP contribution in [-0.2, 0) is 12.0 Å². The maximum Gasteiger partial charge on any atom is 0.161 e. The van der Waals surface area contributed by atoms with Crippen molar-refractivity contribution in [3.8, 4) is 23.0 Å². The highest BCUT2D eigenvalue weighted by atomic mass is 16.5.